The number of carbonyl (C=O) groups is 1. The predicted molar refractivity (Wildman–Crippen MR) is 78.8 cm³/mol. The van der Waals surface area contributed by atoms with Crippen LogP contribution in [-0.4, -0.2) is 21.0 Å². The average molecular weight is 303 g/mol. The molecule has 0 saturated heterocycles. The van der Waals surface area contributed by atoms with Gasteiger partial charge in [0.2, 0.25) is 0 Å². The molecule has 21 heavy (non-hydrogen) atoms. The van der Waals surface area contributed by atoms with Crippen molar-refractivity contribution >= 4 is 38.5 Å². The highest BCUT2D eigenvalue weighted by Crippen LogP contribution is 2.29. The van der Waals surface area contributed by atoms with E-state index >= 15 is 0 Å². The highest BCUT2D eigenvalue weighted by Gasteiger charge is 2.14. The lowest BCUT2D eigenvalue weighted by molar-refractivity contribution is 0.0697. The van der Waals surface area contributed by atoms with Crippen LogP contribution in [0.4, 0.5) is 15.3 Å². The number of fused-ring (bicyclic) bond motifs is 1. The highest BCUT2D eigenvalue weighted by atomic mass is 32.1. The van der Waals surface area contributed by atoms with Gasteiger partial charge in [0.25, 0.3) is 0 Å². The SMILES string of the molecule is Cc1ccc2nc(Nc3ncc(F)cc3C(=O)O)sc2c1. The first-order valence-electron chi connectivity index (χ1n) is 6.06. The number of aryl methyl sites for hydroxylation is 1. The lowest BCUT2D eigenvalue weighted by Gasteiger charge is -2.05. The molecule has 0 saturated carbocycles. The molecule has 0 atom stereocenters. The molecule has 2 heterocycles. The average Bonchev–Trinajstić information content (AvgIpc) is 2.82. The summed E-state index contributed by atoms with van der Waals surface area (Å²) < 4.78 is 14.1. The van der Waals surface area contributed by atoms with Crippen LogP contribution in [0.1, 0.15) is 15.9 Å². The van der Waals surface area contributed by atoms with Crippen LogP contribution in [0, 0.1) is 12.7 Å². The van der Waals surface area contributed by atoms with Crippen molar-refractivity contribution in [3.63, 3.8) is 0 Å². The van der Waals surface area contributed by atoms with Crippen LogP contribution in [0.5, 0.6) is 0 Å². The number of halogens is 1. The third-order valence-corrected chi connectivity index (χ3v) is 3.79. The van der Waals surface area contributed by atoms with E-state index in [0.29, 0.717) is 5.13 Å². The Labute approximate surface area is 123 Å². The first-order chi connectivity index (χ1) is 10.0. The summed E-state index contributed by atoms with van der Waals surface area (Å²) in [5.41, 5.74) is 1.70. The Balaban J connectivity index is 2.00. The van der Waals surface area contributed by atoms with Crippen molar-refractivity contribution in [2.24, 2.45) is 0 Å². The zero-order valence-corrected chi connectivity index (χ0v) is 11.7. The quantitative estimate of drug-likeness (QED) is 0.773. The molecule has 3 rings (SSSR count). The monoisotopic (exact) mass is 303 g/mol. The topological polar surface area (TPSA) is 75.1 Å². The molecule has 3 aromatic rings. The summed E-state index contributed by atoms with van der Waals surface area (Å²) in [6.07, 6.45) is 0.965. The van der Waals surface area contributed by atoms with Crippen molar-refractivity contribution in [1.82, 2.24) is 9.97 Å². The standard InChI is InChI=1S/C14H10FN3O2S/c1-7-2-3-10-11(4-7)21-14(17-10)18-12-9(13(19)20)5-8(15)6-16-12/h2-6H,1H3,(H,19,20)(H,16,17,18). The minimum absolute atomic E-state index is 0.0691. The van der Waals surface area contributed by atoms with E-state index in [1.54, 1.807) is 0 Å². The normalized spacial score (nSPS) is 10.8. The van der Waals surface area contributed by atoms with E-state index in [1.165, 1.54) is 11.3 Å². The molecular weight excluding hydrogens is 293 g/mol. The Hall–Kier alpha value is -2.54. The fraction of sp³-hybridized carbons (Fsp3) is 0.0714. The van der Waals surface area contributed by atoms with Crippen LogP contribution in [0.3, 0.4) is 0 Å². The molecule has 0 aliphatic heterocycles. The molecular formula is C14H10FN3O2S. The van der Waals surface area contributed by atoms with E-state index in [-0.39, 0.29) is 11.4 Å². The zero-order valence-electron chi connectivity index (χ0n) is 10.9. The number of carboxylic acids is 1. The maximum Gasteiger partial charge on any atom is 0.339 e. The summed E-state index contributed by atoms with van der Waals surface area (Å²) >= 11 is 1.38. The smallest absolute Gasteiger partial charge is 0.339 e. The van der Waals surface area contributed by atoms with Crippen LogP contribution >= 0.6 is 11.3 Å². The molecule has 0 aliphatic carbocycles. The molecule has 0 bridgehead atoms. The molecule has 0 unspecified atom stereocenters. The molecule has 2 N–H and O–H groups in total. The van der Waals surface area contributed by atoms with Crippen molar-refractivity contribution in [2.75, 3.05) is 5.32 Å². The van der Waals surface area contributed by atoms with Crippen LogP contribution in [-0.2, 0) is 0 Å². The number of hydrogen-bond acceptors (Lipinski definition) is 5. The van der Waals surface area contributed by atoms with Gasteiger partial charge < -0.3 is 10.4 Å². The van der Waals surface area contributed by atoms with Gasteiger partial charge in [0.15, 0.2) is 5.13 Å². The fourth-order valence-electron chi connectivity index (χ4n) is 1.89. The van der Waals surface area contributed by atoms with Crippen molar-refractivity contribution in [2.45, 2.75) is 6.92 Å². The predicted octanol–water partition coefficient (Wildman–Crippen LogP) is 3.58. The lowest BCUT2D eigenvalue weighted by Crippen LogP contribution is -2.05. The molecule has 0 aliphatic rings. The second-order valence-electron chi connectivity index (χ2n) is 4.47. The number of aromatic nitrogens is 2. The third kappa shape index (κ3) is 2.68. The maximum absolute atomic E-state index is 13.1. The Kier molecular flexibility index (Phi) is 3.26. The first kappa shape index (κ1) is 13.4. The molecule has 0 fully saturated rings. The number of anilines is 2. The van der Waals surface area contributed by atoms with Crippen LogP contribution in [0.2, 0.25) is 0 Å². The fourth-order valence-corrected chi connectivity index (χ4v) is 2.85. The van der Waals surface area contributed by atoms with E-state index in [4.69, 9.17) is 5.11 Å². The third-order valence-electron chi connectivity index (χ3n) is 2.85. The van der Waals surface area contributed by atoms with Crippen molar-refractivity contribution in [1.29, 1.82) is 0 Å². The second-order valence-corrected chi connectivity index (χ2v) is 5.50. The number of thiazole rings is 1. The van der Waals surface area contributed by atoms with E-state index in [0.717, 1.165) is 28.0 Å². The summed E-state index contributed by atoms with van der Waals surface area (Å²) in [4.78, 5) is 19.3. The molecule has 2 aromatic heterocycles. The molecule has 7 heteroatoms. The van der Waals surface area contributed by atoms with Gasteiger partial charge in [-0.3, -0.25) is 0 Å². The summed E-state index contributed by atoms with van der Waals surface area (Å²) in [7, 11) is 0. The zero-order chi connectivity index (χ0) is 15.0. The van der Waals surface area contributed by atoms with Gasteiger partial charge in [-0.1, -0.05) is 17.4 Å². The second kappa shape index (κ2) is 5.10. The van der Waals surface area contributed by atoms with Crippen LogP contribution in [0.15, 0.2) is 30.5 Å². The Bertz CT molecular complexity index is 847. The Morgan fingerprint density at radius 1 is 1.38 bits per heavy atom. The summed E-state index contributed by atoms with van der Waals surface area (Å²) in [6.45, 7) is 1.98. The van der Waals surface area contributed by atoms with Gasteiger partial charge in [0.05, 0.1) is 16.4 Å². The van der Waals surface area contributed by atoms with Crippen LogP contribution in [0.25, 0.3) is 10.2 Å². The minimum atomic E-state index is -1.25. The van der Waals surface area contributed by atoms with Gasteiger partial charge in [-0.15, -0.1) is 0 Å². The summed E-state index contributed by atoms with van der Waals surface area (Å²) in [5.74, 6) is -1.88. The van der Waals surface area contributed by atoms with Crippen molar-refractivity contribution in [3.05, 3.63) is 47.4 Å². The maximum atomic E-state index is 13.1. The van der Waals surface area contributed by atoms with Crippen molar-refractivity contribution in [3.8, 4) is 0 Å². The molecule has 0 radical (unpaired) electrons. The molecule has 1 aromatic carbocycles. The number of rotatable bonds is 3. The van der Waals surface area contributed by atoms with E-state index < -0.39 is 11.8 Å². The lowest BCUT2D eigenvalue weighted by atomic mass is 10.2. The molecule has 5 nitrogen and oxygen atoms in total. The van der Waals surface area contributed by atoms with Crippen LogP contribution < -0.4 is 5.32 Å². The number of aromatic carboxylic acids is 1. The number of nitrogens with zero attached hydrogens (tertiary/aromatic N) is 2. The molecule has 0 amide bonds. The van der Waals surface area contributed by atoms with Gasteiger partial charge in [0, 0.05) is 0 Å². The van der Waals surface area contributed by atoms with E-state index in [1.807, 2.05) is 25.1 Å². The Morgan fingerprint density at radius 2 is 2.19 bits per heavy atom. The Morgan fingerprint density at radius 3 is 2.95 bits per heavy atom. The van der Waals surface area contributed by atoms with Gasteiger partial charge >= 0.3 is 5.97 Å². The summed E-state index contributed by atoms with van der Waals surface area (Å²) in [5, 5.41) is 12.4. The number of carboxylic acid groups (broad SMARTS) is 1. The largest absolute Gasteiger partial charge is 0.478 e. The minimum Gasteiger partial charge on any atom is -0.478 e. The first-order valence-corrected chi connectivity index (χ1v) is 6.87. The number of hydrogen-bond donors (Lipinski definition) is 2. The number of nitrogens with one attached hydrogen (secondary N) is 1. The van der Waals surface area contributed by atoms with Gasteiger partial charge in [-0.2, -0.15) is 0 Å². The summed E-state index contributed by atoms with van der Waals surface area (Å²) in [6, 6.07) is 6.76. The number of benzene rings is 1. The van der Waals surface area contributed by atoms with Gasteiger partial charge in [-0.25, -0.2) is 19.2 Å². The van der Waals surface area contributed by atoms with Crippen molar-refractivity contribution < 1.29 is 14.3 Å². The molecule has 106 valence electrons. The van der Waals surface area contributed by atoms with Gasteiger partial charge in [0.1, 0.15) is 17.2 Å². The number of pyridine rings is 1. The highest BCUT2D eigenvalue weighted by molar-refractivity contribution is 7.22. The van der Waals surface area contributed by atoms with E-state index in [2.05, 4.69) is 15.3 Å². The molecule has 0 spiro atoms. The van der Waals surface area contributed by atoms with Gasteiger partial charge in [-0.05, 0) is 30.7 Å². The van der Waals surface area contributed by atoms with E-state index in [9.17, 15) is 9.18 Å².